The van der Waals surface area contributed by atoms with Crippen LogP contribution in [-0.4, -0.2) is 33.1 Å². The molecule has 0 saturated carbocycles. The maximum Gasteiger partial charge on any atom is 0.412 e. The first-order valence-corrected chi connectivity index (χ1v) is 6.01. The Morgan fingerprint density at radius 2 is 1.95 bits per heavy atom. The van der Waals surface area contributed by atoms with Gasteiger partial charge in [0.25, 0.3) is 0 Å². The molecular weight excluding hydrogens is 264 g/mol. The minimum absolute atomic E-state index is 0.207. The Morgan fingerprint density at radius 3 is 2.40 bits per heavy atom. The summed E-state index contributed by atoms with van der Waals surface area (Å²) in [5, 5.41) is 11.2. The highest BCUT2D eigenvalue weighted by atomic mass is 16.6. The summed E-state index contributed by atoms with van der Waals surface area (Å²) in [4.78, 5) is 33.7. The van der Waals surface area contributed by atoms with Gasteiger partial charge in [-0.15, -0.1) is 0 Å². The van der Waals surface area contributed by atoms with Crippen molar-refractivity contribution in [3.63, 3.8) is 0 Å². The molecule has 1 aromatic rings. The first kappa shape index (κ1) is 15.7. The molecule has 110 valence electrons. The average molecular weight is 282 g/mol. The van der Waals surface area contributed by atoms with Crippen LogP contribution >= 0.6 is 0 Å². The van der Waals surface area contributed by atoms with Crippen LogP contribution in [0.2, 0.25) is 0 Å². The fraction of sp³-hybridized carbons (Fsp3) is 0.462. The number of carboxylic acids is 1. The van der Waals surface area contributed by atoms with E-state index in [-0.39, 0.29) is 18.0 Å². The number of carbonyl (C=O) groups excluding carboxylic acids is 2. The fourth-order valence-electron chi connectivity index (χ4n) is 1.58. The number of nitrogens with zero attached hydrogens (tertiary/aromatic N) is 1. The zero-order valence-electron chi connectivity index (χ0n) is 11.9. The van der Waals surface area contributed by atoms with Crippen molar-refractivity contribution in [3.8, 4) is 0 Å². The lowest BCUT2D eigenvalue weighted by atomic mass is 10.2. The van der Waals surface area contributed by atoms with Gasteiger partial charge in [0, 0.05) is 13.1 Å². The number of hydrogen-bond acceptors (Lipinski definition) is 4. The fourth-order valence-corrected chi connectivity index (χ4v) is 1.58. The van der Waals surface area contributed by atoms with Gasteiger partial charge in [-0.05, 0) is 26.8 Å². The molecule has 0 radical (unpaired) electrons. The smallest absolute Gasteiger partial charge is 0.412 e. The number of amides is 1. The van der Waals surface area contributed by atoms with E-state index in [0.29, 0.717) is 5.69 Å². The summed E-state index contributed by atoms with van der Waals surface area (Å²) in [5.41, 5.74) is -0.124. The maximum absolute atomic E-state index is 11.6. The molecule has 0 fully saturated rings. The SMILES string of the molecule is CC(=O)c1cc(NC(=O)OC(C)(C)C)cn1CC(=O)O. The van der Waals surface area contributed by atoms with E-state index in [1.165, 1.54) is 23.8 Å². The molecule has 0 bridgehead atoms. The second-order valence-electron chi connectivity index (χ2n) is 5.32. The van der Waals surface area contributed by atoms with Crippen LogP contribution in [0.5, 0.6) is 0 Å². The second-order valence-corrected chi connectivity index (χ2v) is 5.32. The summed E-state index contributed by atoms with van der Waals surface area (Å²) in [6.45, 7) is 6.14. The molecule has 0 aliphatic heterocycles. The van der Waals surface area contributed by atoms with Gasteiger partial charge in [0.05, 0.1) is 11.4 Å². The van der Waals surface area contributed by atoms with E-state index in [2.05, 4.69) is 5.32 Å². The molecule has 0 aliphatic carbocycles. The van der Waals surface area contributed by atoms with E-state index in [9.17, 15) is 14.4 Å². The predicted molar refractivity (Wildman–Crippen MR) is 71.9 cm³/mol. The maximum atomic E-state index is 11.6. The molecule has 20 heavy (non-hydrogen) atoms. The molecule has 0 aliphatic rings. The highest BCUT2D eigenvalue weighted by Gasteiger charge is 2.18. The molecule has 1 aromatic heterocycles. The molecule has 7 heteroatoms. The number of aromatic nitrogens is 1. The van der Waals surface area contributed by atoms with Crippen LogP contribution in [0, 0.1) is 0 Å². The largest absolute Gasteiger partial charge is 0.480 e. The summed E-state index contributed by atoms with van der Waals surface area (Å²) >= 11 is 0. The molecule has 0 spiro atoms. The number of rotatable bonds is 4. The molecule has 0 saturated heterocycles. The Labute approximate surface area is 116 Å². The Morgan fingerprint density at radius 1 is 1.35 bits per heavy atom. The number of Topliss-reactive ketones (excluding diaryl/α,β-unsaturated/α-hetero) is 1. The minimum Gasteiger partial charge on any atom is -0.480 e. The lowest BCUT2D eigenvalue weighted by Crippen LogP contribution is -2.27. The van der Waals surface area contributed by atoms with E-state index < -0.39 is 17.7 Å². The molecule has 2 N–H and O–H groups in total. The van der Waals surface area contributed by atoms with Crippen molar-refractivity contribution in [1.29, 1.82) is 0 Å². The molecule has 0 aromatic carbocycles. The number of anilines is 1. The van der Waals surface area contributed by atoms with E-state index in [1.54, 1.807) is 20.8 Å². The van der Waals surface area contributed by atoms with Crippen LogP contribution in [0.1, 0.15) is 38.2 Å². The molecule has 1 heterocycles. The number of ketones is 1. The highest BCUT2D eigenvalue weighted by Crippen LogP contribution is 2.16. The monoisotopic (exact) mass is 282 g/mol. The molecule has 1 amide bonds. The van der Waals surface area contributed by atoms with E-state index >= 15 is 0 Å². The molecule has 7 nitrogen and oxygen atoms in total. The number of aliphatic carboxylic acids is 1. The van der Waals surface area contributed by atoms with E-state index in [1.807, 2.05) is 0 Å². The van der Waals surface area contributed by atoms with Gasteiger partial charge in [0.1, 0.15) is 12.1 Å². The van der Waals surface area contributed by atoms with Crippen LogP contribution in [-0.2, 0) is 16.1 Å². The highest BCUT2D eigenvalue weighted by molar-refractivity contribution is 5.95. The average Bonchev–Trinajstić information content (AvgIpc) is 2.56. The number of carbonyl (C=O) groups is 3. The number of nitrogens with one attached hydrogen (secondary N) is 1. The standard InChI is InChI=1S/C13H18N2O5/c1-8(16)10-5-9(6-15(10)7-11(17)18)14-12(19)20-13(2,3)4/h5-6H,7H2,1-4H3,(H,14,19)(H,17,18). The second kappa shape index (κ2) is 5.77. The van der Waals surface area contributed by atoms with Gasteiger partial charge in [-0.25, -0.2) is 4.79 Å². The van der Waals surface area contributed by atoms with Crippen molar-refractivity contribution in [2.45, 2.75) is 39.8 Å². The van der Waals surface area contributed by atoms with Crippen molar-refractivity contribution in [2.24, 2.45) is 0 Å². The van der Waals surface area contributed by atoms with Crippen LogP contribution < -0.4 is 5.32 Å². The van der Waals surface area contributed by atoms with Crippen LogP contribution in [0.3, 0.4) is 0 Å². The molecule has 1 rings (SSSR count). The van der Waals surface area contributed by atoms with Gasteiger partial charge >= 0.3 is 12.1 Å². The van der Waals surface area contributed by atoms with Gasteiger partial charge in [0.15, 0.2) is 5.78 Å². The summed E-state index contributed by atoms with van der Waals surface area (Å²) in [7, 11) is 0. The Kier molecular flexibility index (Phi) is 4.54. The number of hydrogen-bond donors (Lipinski definition) is 2. The Balaban J connectivity index is 2.89. The first-order valence-electron chi connectivity index (χ1n) is 6.01. The summed E-state index contributed by atoms with van der Waals surface area (Å²) in [6.07, 6.45) is 0.717. The molecular formula is C13H18N2O5. The van der Waals surface area contributed by atoms with Gasteiger partial charge in [-0.1, -0.05) is 0 Å². The summed E-state index contributed by atoms with van der Waals surface area (Å²) < 4.78 is 6.33. The summed E-state index contributed by atoms with van der Waals surface area (Å²) in [5.74, 6) is -1.37. The Bertz CT molecular complexity index is 539. The normalized spacial score (nSPS) is 11.0. The van der Waals surface area contributed by atoms with Gasteiger partial charge < -0.3 is 14.4 Å². The van der Waals surface area contributed by atoms with E-state index in [4.69, 9.17) is 9.84 Å². The third-order valence-electron chi connectivity index (χ3n) is 2.21. The molecule has 0 atom stereocenters. The zero-order chi connectivity index (χ0) is 15.5. The van der Waals surface area contributed by atoms with Crippen LogP contribution in [0.4, 0.5) is 10.5 Å². The van der Waals surface area contributed by atoms with Crippen molar-refractivity contribution in [2.75, 3.05) is 5.32 Å². The van der Waals surface area contributed by atoms with Crippen molar-refractivity contribution in [3.05, 3.63) is 18.0 Å². The predicted octanol–water partition coefficient (Wildman–Crippen LogP) is 2.12. The van der Waals surface area contributed by atoms with Gasteiger partial charge in [-0.2, -0.15) is 0 Å². The van der Waals surface area contributed by atoms with Crippen molar-refractivity contribution in [1.82, 2.24) is 4.57 Å². The quantitative estimate of drug-likeness (QED) is 0.824. The summed E-state index contributed by atoms with van der Waals surface area (Å²) in [6, 6.07) is 1.41. The first-order chi connectivity index (χ1) is 9.08. The minimum atomic E-state index is -1.08. The lowest BCUT2D eigenvalue weighted by molar-refractivity contribution is -0.137. The zero-order valence-corrected chi connectivity index (χ0v) is 11.9. The van der Waals surface area contributed by atoms with Crippen molar-refractivity contribution < 1.29 is 24.2 Å². The topological polar surface area (TPSA) is 97.6 Å². The number of carboxylic acid groups (broad SMARTS) is 1. The Hall–Kier alpha value is -2.31. The number of ether oxygens (including phenoxy) is 1. The van der Waals surface area contributed by atoms with Crippen molar-refractivity contribution >= 4 is 23.5 Å². The molecule has 0 unspecified atom stereocenters. The third-order valence-corrected chi connectivity index (χ3v) is 2.21. The van der Waals surface area contributed by atoms with Gasteiger partial charge in [0.2, 0.25) is 0 Å². The third kappa shape index (κ3) is 4.75. The van der Waals surface area contributed by atoms with Crippen LogP contribution in [0.25, 0.3) is 0 Å². The van der Waals surface area contributed by atoms with Gasteiger partial charge in [-0.3, -0.25) is 14.9 Å². The van der Waals surface area contributed by atoms with Crippen LogP contribution in [0.15, 0.2) is 12.3 Å². The lowest BCUT2D eigenvalue weighted by Gasteiger charge is -2.19. The van der Waals surface area contributed by atoms with E-state index in [0.717, 1.165) is 0 Å².